The largest absolute Gasteiger partial charge is 0.375 e. The van der Waals surface area contributed by atoms with Gasteiger partial charge in [0.2, 0.25) is 5.91 Å². The van der Waals surface area contributed by atoms with E-state index in [1.54, 1.807) is 19.2 Å². The zero-order chi connectivity index (χ0) is 35.4. The van der Waals surface area contributed by atoms with E-state index in [2.05, 4.69) is 66.1 Å². The van der Waals surface area contributed by atoms with E-state index in [0.29, 0.717) is 36.5 Å². The molecule has 0 rings (SSSR count). The van der Waals surface area contributed by atoms with E-state index in [4.69, 9.17) is 69.0 Å². The highest BCUT2D eigenvalue weighted by molar-refractivity contribution is 8.08. The number of hydrogen-bond acceptors (Lipinski definition) is 8. The molecular weight excluding hydrogens is 692 g/mol. The molecule has 1 atom stereocenters. The third kappa shape index (κ3) is 24.1. The number of rotatable bonds is 16. The number of likely N-dealkylation sites (N-methyl/N-ethyl adjacent to an activating group) is 1. The second-order valence-electron chi connectivity index (χ2n) is 8.65. The van der Waals surface area contributed by atoms with Gasteiger partial charge in [-0.25, -0.2) is 4.67 Å². The van der Waals surface area contributed by atoms with Crippen molar-refractivity contribution < 1.29 is 13.8 Å². The van der Waals surface area contributed by atoms with Crippen LogP contribution in [0.25, 0.3) is 0 Å². The second kappa shape index (κ2) is 29.6. The van der Waals surface area contributed by atoms with Crippen molar-refractivity contribution in [2.45, 2.75) is 60.4 Å². The van der Waals surface area contributed by atoms with E-state index in [1.807, 2.05) is 37.3 Å². The highest BCUT2D eigenvalue weighted by Crippen LogP contribution is 2.51. The fourth-order valence-corrected chi connectivity index (χ4v) is 6.36. The number of nitrogens with one attached hydrogen (secondary N) is 5. The summed E-state index contributed by atoms with van der Waals surface area (Å²) < 4.78 is 13.2. The lowest BCUT2D eigenvalue weighted by molar-refractivity contribution is -0.131. The van der Waals surface area contributed by atoms with Gasteiger partial charge in [0.25, 0.3) is 6.64 Å². The van der Waals surface area contributed by atoms with Crippen LogP contribution in [0.2, 0.25) is 0 Å². The average Bonchev–Trinajstić information content (AvgIpc) is 3.00. The molecule has 0 aromatic rings. The van der Waals surface area contributed by atoms with E-state index in [0.717, 1.165) is 25.9 Å². The second-order valence-corrected chi connectivity index (χ2v) is 13.7. The first kappa shape index (κ1) is 47.6. The zero-order valence-electron chi connectivity index (χ0n) is 27.7. The number of nitrogens with two attached hydrogens (primary N) is 2. The molecule has 0 spiro atoms. The number of hydrazine groups is 2. The maximum atomic E-state index is 12.5. The molecule has 0 aliphatic carbocycles. The van der Waals surface area contributed by atoms with Crippen LogP contribution in [0, 0.1) is 0 Å². The van der Waals surface area contributed by atoms with Gasteiger partial charge in [-0.15, -0.1) is 13.2 Å². The van der Waals surface area contributed by atoms with Gasteiger partial charge >= 0.3 is 0 Å². The molecule has 0 aromatic carbocycles. The van der Waals surface area contributed by atoms with Gasteiger partial charge in [0.1, 0.15) is 0 Å². The molecule has 9 N–H and O–H groups in total. The van der Waals surface area contributed by atoms with Gasteiger partial charge in [0.15, 0.2) is 20.4 Å². The predicted molar refractivity (Wildman–Crippen MR) is 209 cm³/mol. The van der Waals surface area contributed by atoms with Crippen molar-refractivity contribution in [3.63, 3.8) is 0 Å². The molecule has 0 bridgehead atoms. The van der Waals surface area contributed by atoms with Crippen molar-refractivity contribution in [2.24, 2.45) is 11.5 Å². The first-order chi connectivity index (χ1) is 21.2. The van der Waals surface area contributed by atoms with Crippen LogP contribution < -0.4 is 38.4 Å². The number of hydrogen-bond donors (Lipinski definition) is 7. The van der Waals surface area contributed by atoms with Gasteiger partial charge in [-0.1, -0.05) is 32.9 Å². The number of carbonyl (C=O) groups excluding carboxylic acids is 1. The Bertz CT molecular complexity index is 948. The van der Waals surface area contributed by atoms with Crippen molar-refractivity contribution in [3.8, 4) is 0 Å². The Balaban J connectivity index is -0.000000630. The minimum atomic E-state index is -2.54. The lowest BCUT2D eigenvalue weighted by Gasteiger charge is -2.33. The summed E-state index contributed by atoms with van der Waals surface area (Å²) >= 11 is 24.6. The first-order valence-corrected chi connectivity index (χ1v) is 18.7. The van der Waals surface area contributed by atoms with Gasteiger partial charge in [-0.05, 0) is 94.3 Å². The number of amides is 1. The third-order valence-corrected chi connectivity index (χ3v) is 9.55. The molecule has 0 heterocycles. The van der Waals surface area contributed by atoms with Gasteiger partial charge in [0.05, 0.1) is 25.8 Å². The van der Waals surface area contributed by atoms with Crippen LogP contribution in [0.4, 0.5) is 0 Å². The molecule has 262 valence electrons. The van der Waals surface area contributed by atoms with Crippen molar-refractivity contribution >= 4 is 93.7 Å². The molecule has 0 aliphatic heterocycles. The number of nitrogens with zero attached hydrogens (tertiary/aromatic N) is 3. The van der Waals surface area contributed by atoms with E-state index < -0.39 is 6.64 Å². The van der Waals surface area contributed by atoms with Gasteiger partial charge in [-0.3, -0.25) is 26.1 Å². The topological polar surface area (TPSA) is 157 Å². The summed E-state index contributed by atoms with van der Waals surface area (Å²) in [4.78, 5) is 14.4. The van der Waals surface area contributed by atoms with Crippen molar-refractivity contribution in [1.82, 2.24) is 41.5 Å². The van der Waals surface area contributed by atoms with E-state index in [1.165, 1.54) is 5.01 Å². The molecule has 13 nitrogen and oxygen atoms in total. The van der Waals surface area contributed by atoms with Crippen LogP contribution in [-0.2, 0) is 25.6 Å². The normalized spacial score (nSPS) is 10.8. The highest BCUT2D eigenvalue weighted by Gasteiger charge is 2.29. The SMILES string of the molecule is C=CC(C)N(NC(N)=S)C(N)=S.C=CCNC(=S)NNC(=S)NC.CCCN(CCC)C(=O)CN(CC)P(=S)(OCC)OCC. The smallest absolute Gasteiger partial charge is 0.264 e. The quantitative estimate of drug-likeness (QED) is 0.0535. The van der Waals surface area contributed by atoms with Gasteiger partial charge in [-0.2, -0.15) is 0 Å². The van der Waals surface area contributed by atoms with E-state index in [9.17, 15) is 4.79 Å². The summed E-state index contributed by atoms with van der Waals surface area (Å²) in [7, 11) is 1.72. The molecule has 0 fully saturated rings. The summed E-state index contributed by atoms with van der Waals surface area (Å²) in [5.74, 6) is 0.106. The van der Waals surface area contributed by atoms with Crippen molar-refractivity contribution in [2.75, 3.05) is 53.0 Å². The molecule has 0 aromatic heterocycles. The van der Waals surface area contributed by atoms with Crippen LogP contribution in [-0.4, -0.2) is 100.0 Å². The Hall–Kier alpha value is -1.76. The van der Waals surface area contributed by atoms with E-state index in [-0.39, 0.29) is 28.7 Å². The summed E-state index contributed by atoms with van der Waals surface area (Å²) in [5.41, 5.74) is 18.6. The van der Waals surface area contributed by atoms with Crippen LogP contribution in [0.5, 0.6) is 0 Å². The standard InChI is InChI=1S/C14H31N2O3PS.2C6H12N4S2/c1-6-11-15(12-7-2)14(17)13-16(8-3)20(21,18-9-4)19-10-5;1-3-4-8-6(12)10-9-5(11)7-2;1-3-4(2)10(6(8)12)9-5(7)11/h6-13H2,1-5H3;3H,1,4H2,2H3,(H2,7,9,11)(H2,8,10,12);3-4H,1H2,2H3,(H2,8,12)(H3,7,9,11). The first-order valence-electron chi connectivity index (χ1n) is 14.5. The van der Waals surface area contributed by atoms with Crippen molar-refractivity contribution in [1.29, 1.82) is 0 Å². The molecule has 45 heavy (non-hydrogen) atoms. The Labute approximate surface area is 297 Å². The molecule has 0 aliphatic rings. The molecule has 19 heteroatoms. The predicted octanol–water partition coefficient (Wildman–Crippen LogP) is 2.75. The minimum absolute atomic E-state index is 0.0519. The average molecular weight is 747 g/mol. The van der Waals surface area contributed by atoms with Crippen LogP contribution in [0.1, 0.15) is 54.4 Å². The lowest BCUT2D eigenvalue weighted by atomic mass is 10.3. The third-order valence-electron chi connectivity index (χ3n) is 5.09. The maximum Gasteiger partial charge on any atom is 0.264 e. The summed E-state index contributed by atoms with van der Waals surface area (Å²) in [6.07, 6.45) is 5.31. The van der Waals surface area contributed by atoms with Crippen LogP contribution in [0.3, 0.4) is 0 Å². The molecule has 1 unspecified atom stereocenters. The summed E-state index contributed by atoms with van der Waals surface area (Å²) in [6.45, 7) is 20.5. The van der Waals surface area contributed by atoms with E-state index >= 15 is 0 Å². The van der Waals surface area contributed by atoms with Gasteiger partial charge < -0.3 is 36.0 Å². The Morgan fingerprint density at radius 3 is 1.82 bits per heavy atom. The molecule has 0 saturated heterocycles. The highest BCUT2D eigenvalue weighted by atomic mass is 32.5. The number of carbonyl (C=O) groups is 1. The fraction of sp³-hybridized carbons (Fsp3) is 0.654. The van der Waals surface area contributed by atoms with Gasteiger partial charge in [0, 0.05) is 33.2 Å². The van der Waals surface area contributed by atoms with Crippen molar-refractivity contribution in [3.05, 3.63) is 25.3 Å². The zero-order valence-corrected chi connectivity index (χ0v) is 32.7. The maximum absolute atomic E-state index is 12.5. The summed E-state index contributed by atoms with van der Waals surface area (Å²) in [6, 6.07) is -0.0519. The molecule has 0 radical (unpaired) electrons. The molecule has 1 amide bonds. The van der Waals surface area contributed by atoms with Crippen LogP contribution >= 0.6 is 55.5 Å². The molecular formula is C26H55N10O3PS5. The number of thiocarbonyl (C=S) groups is 4. The minimum Gasteiger partial charge on any atom is -0.375 e. The molecule has 0 saturated carbocycles. The Morgan fingerprint density at radius 2 is 1.47 bits per heavy atom. The fourth-order valence-electron chi connectivity index (χ4n) is 3.02. The van der Waals surface area contributed by atoms with Crippen LogP contribution in [0.15, 0.2) is 25.3 Å². The monoisotopic (exact) mass is 746 g/mol. The Kier molecular flexibility index (Phi) is 31.4. The lowest BCUT2D eigenvalue weighted by Crippen LogP contribution is -2.54. The summed E-state index contributed by atoms with van der Waals surface area (Å²) in [5, 5.41) is 8.31. The Morgan fingerprint density at radius 1 is 0.956 bits per heavy atom.